The minimum Gasteiger partial charge on any atom is -0.467 e. The van der Waals surface area contributed by atoms with Crippen molar-refractivity contribution in [3.05, 3.63) is 35.9 Å². The number of nitrogens with zero attached hydrogens (tertiary/aromatic N) is 1. The van der Waals surface area contributed by atoms with Gasteiger partial charge in [0, 0.05) is 13.1 Å². The highest BCUT2D eigenvalue weighted by Gasteiger charge is 2.28. The molecule has 0 aromatic heterocycles. The first-order valence-corrected chi connectivity index (χ1v) is 5.48. The molecule has 0 unspecified atom stereocenters. The number of esters is 1. The van der Waals surface area contributed by atoms with Crippen LogP contribution < -0.4 is 11.5 Å². The van der Waals surface area contributed by atoms with Gasteiger partial charge in [-0.25, -0.2) is 9.59 Å². The molecule has 1 rings (SSSR count). The molecule has 0 saturated carbocycles. The predicted octanol–water partition coefficient (Wildman–Crippen LogP) is 0.0676. The third-order valence-corrected chi connectivity index (χ3v) is 2.55. The average molecular weight is 251 g/mol. The number of amides is 2. The molecule has 1 aromatic carbocycles. The van der Waals surface area contributed by atoms with E-state index in [1.54, 1.807) is 0 Å². The van der Waals surface area contributed by atoms with E-state index in [4.69, 9.17) is 11.5 Å². The van der Waals surface area contributed by atoms with Crippen LogP contribution in [0.15, 0.2) is 30.3 Å². The first-order valence-electron chi connectivity index (χ1n) is 5.48. The standard InChI is InChI=1S/C12H17N3O3/c1-18-11(16)10(7-13)15(12(14)17)8-9-5-3-2-4-6-9/h2-6,10H,7-8,13H2,1H3,(H2,14,17)/t10-/m0/s1. The maximum atomic E-state index is 11.5. The molecule has 18 heavy (non-hydrogen) atoms. The van der Waals surface area contributed by atoms with Gasteiger partial charge < -0.3 is 21.1 Å². The van der Waals surface area contributed by atoms with Crippen molar-refractivity contribution >= 4 is 12.0 Å². The number of rotatable bonds is 5. The molecule has 0 bridgehead atoms. The summed E-state index contributed by atoms with van der Waals surface area (Å²) in [6, 6.07) is 7.63. The van der Waals surface area contributed by atoms with Gasteiger partial charge in [-0.1, -0.05) is 30.3 Å². The molecule has 1 aromatic rings. The summed E-state index contributed by atoms with van der Waals surface area (Å²) in [6.07, 6.45) is 0. The van der Waals surface area contributed by atoms with Crippen LogP contribution in [0.2, 0.25) is 0 Å². The lowest BCUT2D eigenvalue weighted by atomic mass is 10.2. The highest BCUT2D eigenvalue weighted by molar-refractivity contribution is 5.83. The number of primary amides is 1. The Morgan fingerprint density at radius 2 is 1.94 bits per heavy atom. The van der Waals surface area contributed by atoms with Crippen LogP contribution in [0.1, 0.15) is 5.56 Å². The van der Waals surface area contributed by atoms with Gasteiger partial charge >= 0.3 is 12.0 Å². The molecule has 98 valence electrons. The van der Waals surface area contributed by atoms with Crippen LogP contribution in [-0.2, 0) is 16.1 Å². The van der Waals surface area contributed by atoms with Gasteiger partial charge in [0.15, 0.2) is 0 Å². The minimum absolute atomic E-state index is 0.0392. The number of carbonyl (C=O) groups is 2. The molecule has 4 N–H and O–H groups in total. The highest BCUT2D eigenvalue weighted by atomic mass is 16.5. The summed E-state index contributed by atoms with van der Waals surface area (Å²) in [5.74, 6) is -0.577. The molecule has 0 aliphatic rings. The van der Waals surface area contributed by atoms with E-state index in [2.05, 4.69) is 4.74 Å². The van der Waals surface area contributed by atoms with Crippen molar-refractivity contribution in [2.45, 2.75) is 12.6 Å². The zero-order chi connectivity index (χ0) is 13.5. The molecule has 0 aliphatic heterocycles. The smallest absolute Gasteiger partial charge is 0.329 e. The average Bonchev–Trinajstić information content (AvgIpc) is 2.39. The second kappa shape index (κ2) is 6.61. The summed E-state index contributed by atoms with van der Waals surface area (Å²) in [5, 5.41) is 0. The normalized spacial score (nSPS) is 11.7. The number of carbonyl (C=O) groups excluding carboxylic acids is 2. The molecule has 2 amide bonds. The second-order valence-corrected chi connectivity index (χ2v) is 3.73. The fourth-order valence-electron chi connectivity index (χ4n) is 1.61. The summed E-state index contributed by atoms with van der Waals surface area (Å²) in [7, 11) is 1.24. The van der Waals surface area contributed by atoms with Gasteiger partial charge in [0.05, 0.1) is 7.11 Å². The van der Waals surface area contributed by atoms with Gasteiger partial charge in [-0.2, -0.15) is 0 Å². The molecule has 0 radical (unpaired) electrons. The number of ether oxygens (including phenoxy) is 1. The van der Waals surface area contributed by atoms with E-state index >= 15 is 0 Å². The molecular formula is C12H17N3O3. The molecule has 1 atom stereocenters. The van der Waals surface area contributed by atoms with Crippen LogP contribution in [-0.4, -0.2) is 36.6 Å². The Labute approximate surface area is 105 Å². The number of methoxy groups -OCH3 is 1. The first-order chi connectivity index (χ1) is 8.60. The quantitative estimate of drug-likeness (QED) is 0.723. The lowest BCUT2D eigenvalue weighted by Gasteiger charge is -2.27. The monoisotopic (exact) mass is 251 g/mol. The lowest BCUT2D eigenvalue weighted by molar-refractivity contribution is -0.145. The Bertz CT molecular complexity index is 408. The van der Waals surface area contributed by atoms with Crippen molar-refractivity contribution in [1.29, 1.82) is 0 Å². The molecular weight excluding hydrogens is 234 g/mol. The Morgan fingerprint density at radius 3 is 2.39 bits per heavy atom. The number of hydrogen-bond donors (Lipinski definition) is 2. The molecule has 0 fully saturated rings. The summed E-state index contributed by atoms with van der Waals surface area (Å²) in [4.78, 5) is 24.1. The van der Waals surface area contributed by atoms with Crippen LogP contribution in [0.5, 0.6) is 0 Å². The van der Waals surface area contributed by atoms with Crippen molar-refractivity contribution in [3.63, 3.8) is 0 Å². The largest absolute Gasteiger partial charge is 0.467 e. The number of hydrogen-bond acceptors (Lipinski definition) is 4. The summed E-state index contributed by atoms with van der Waals surface area (Å²) < 4.78 is 4.60. The number of nitrogens with two attached hydrogens (primary N) is 2. The van der Waals surface area contributed by atoms with Crippen LogP contribution in [0, 0.1) is 0 Å². The van der Waals surface area contributed by atoms with E-state index in [-0.39, 0.29) is 13.1 Å². The highest BCUT2D eigenvalue weighted by Crippen LogP contribution is 2.08. The zero-order valence-electron chi connectivity index (χ0n) is 10.2. The van der Waals surface area contributed by atoms with Gasteiger partial charge in [0.1, 0.15) is 6.04 Å². The third kappa shape index (κ3) is 3.46. The molecule has 0 spiro atoms. The van der Waals surface area contributed by atoms with E-state index in [0.29, 0.717) is 0 Å². The maximum Gasteiger partial charge on any atom is 0.329 e. The van der Waals surface area contributed by atoms with Gasteiger partial charge in [0.25, 0.3) is 0 Å². The topological polar surface area (TPSA) is 98.7 Å². The van der Waals surface area contributed by atoms with Crippen LogP contribution in [0.4, 0.5) is 4.79 Å². The Morgan fingerprint density at radius 1 is 1.33 bits per heavy atom. The molecule has 0 heterocycles. The van der Waals surface area contributed by atoms with E-state index in [0.717, 1.165) is 5.56 Å². The van der Waals surface area contributed by atoms with Crippen molar-refractivity contribution in [3.8, 4) is 0 Å². The molecule has 0 saturated heterocycles. The Hall–Kier alpha value is -2.08. The fourth-order valence-corrected chi connectivity index (χ4v) is 1.61. The Kier molecular flexibility index (Phi) is 5.13. The minimum atomic E-state index is -0.868. The predicted molar refractivity (Wildman–Crippen MR) is 66.4 cm³/mol. The van der Waals surface area contributed by atoms with Crippen LogP contribution >= 0.6 is 0 Å². The van der Waals surface area contributed by atoms with Crippen molar-refractivity contribution < 1.29 is 14.3 Å². The van der Waals surface area contributed by atoms with Crippen molar-refractivity contribution in [1.82, 2.24) is 4.90 Å². The fraction of sp³-hybridized carbons (Fsp3) is 0.333. The van der Waals surface area contributed by atoms with Crippen LogP contribution in [0.3, 0.4) is 0 Å². The SMILES string of the molecule is COC(=O)[C@H](CN)N(Cc1ccccc1)C(N)=O. The van der Waals surface area contributed by atoms with Gasteiger partial charge in [-0.05, 0) is 5.56 Å². The van der Waals surface area contributed by atoms with E-state index < -0.39 is 18.0 Å². The lowest BCUT2D eigenvalue weighted by Crippen LogP contribution is -2.51. The summed E-state index contributed by atoms with van der Waals surface area (Å²) in [6.45, 7) is 0.176. The van der Waals surface area contributed by atoms with Gasteiger partial charge in [-0.3, -0.25) is 0 Å². The third-order valence-electron chi connectivity index (χ3n) is 2.55. The van der Waals surface area contributed by atoms with Gasteiger partial charge in [0.2, 0.25) is 0 Å². The first kappa shape index (κ1) is 14.0. The van der Waals surface area contributed by atoms with E-state index in [1.165, 1.54) is 12.0 Å². The summed E-state index contributed by atoms with van der Waals surface area (Å²) >= 11 is 0. The molecule has 6 nitrogen and oxygen atoms in total. The number of urea groups is 1. The van der Waals surface area contributed by atoms with Crippen molar-refractivity contribution in [2.75, 3.05) is 13.7 Å². The Balaban J connectivity index is 2.88. The maximum absolute atomic E-state index is 11.5. The van der Waals surface area contributed by atoms with Crippen molar-refractivity contribution in [2.24, 2.45) is 11.5 Å². The van der Waals surface area contributed by atoms with E-state index in [9.17, 15) is 9.59 Å². The number of benzene rings is 1. The van der Waals surface area contributed by atoms with Gasteiger partial charge in [-0.15, -0.1) is 0 Å². The van der Waals surface area contributed by atoms with Crippen LogP contribution in [0.25, 0.3) is 0 Å². The molecule has 0 aliphatic carbocycles. The van der Waals surface area contributed by atoms with E-state index in [1.807, 2.05) is 30.3 Å². The second-order valence-electron chi connectivity index (χ2n) is 3.73. The molecule has 6 heteroatoms. The zero-order valence-corrected chi connectivity index (χ0v) is 10.2. The summed E-state index contributed by atoms with van der Waals surface area (Å²) in [5.41, 5.74) is 11.6.